The number of rotatable bonds is 6. The van der Waals surface area contributed by atoms with E-state index in [1.54, 1.807) is 7.11 Å². The quantitative estimate of drug-likeness (QED) is 0.805. The Morgan fingerprint density at radius 3 is 2.81 bits per heavy atom. The van der Waals surface area contributed by atoms with Gasteiger partial charge in [-0.1, -0.05) is 24.6 Å². The molecule has 0 amide bonds. The van der Waals surface area contributed by atoms with E-state index in [0.29, 0.717) is 23.9 Å². The molecule has 3 nitrogen and oxygen atoms in total. The molecule has 1 aromatic carbocycles. The van der Waals surface area contributed by atoms with Crippen molar-refractivity contribution < 1.29 is 9.84 Å². The summed E-state index contributed by atoms with van der Waals surface area (Å²) in [7, 11) is 1.59. The minimum Gasteiger partial charge on any atom is -0.495 e. The van der Waals surface area contributed by atoms with Gasteiger partial charge in [0, 0.05) is 13.1 Å². The normalized spacial score (nSPS) is 12.5. The van der Waals surface area contributed by atoms with Crippen LogP contribution in [0.2, 0.25) is 5.02 Å². The first-order valence-electron chi connectivity index (χ1n) is 5.38. The van der Waals surface area contributed by atoms with E-state index < -0.39 is 0 Å². The van der Waals surface area contributed by atoms with Gasteiger partial charge in [-0.25, -0.2) is 0 Å². The summed E-state index contributed by atoms with van der Waals surface area (Å²) in [5.41, 5.74) is 1.08. The number of halogens is 1. The number of aliphatic hydroxyl groups is 1. The van der Waals surface area contributed by atoms with E-state index in [1.165, 1.54) is 0 Å². The number of hydrogen-bond acceptors (Lipinski definition) is 3. The maximum atomic E-state index is 9.36. The van der Waals surface area contributed by atoms with Gasteiger partial charge in [0.1, 0.15) is 5.75 Å². The van der Waals surface area contributed by atoms with Crippen molar-refractivity contribution in [2.24, 2.45) is 0 Å². The molecule has 0 aliphatic rings. The predicted molar refractivity (Wildman–Crippen MR) is 66.0 cm³/mol. The van der Waals surface area contributed by atoms with Crippen LogP contribution in [0.1, 0.15) is 18.9 Å². The van der Waals surface area contributed by atoms with Crippen molar-refractivity contribution in [3.8, 4) is 5.75 Å². The first kappa shape index (κ1) is 13.3. The van der Waals surface area contributed by atoms with E-state index in [2.05, 4.69) is 5.32 Å². The summed E-state index contributed by atoms with van der Waals surface area (Å²) in [6, 6.07) is 5.66. The first-order chi connectivity index (χ1) is 7.67. The Labute approximate surface area is 101 Å². The third-order valence-electron chi connectivity index (χ3n) is 2.40. The molecule has 0 saturated carbocycles. The minimum atomic E-state index is -0.284. The van der Waals surface area contributed by atoms with Crippen LogP contribution in [-0.4, -0.2) is 24.9 Å². The molecule has 0 radical (unpaired) electrons. The third-order valence-corrected chi connectivity index (χ3v) is 2.69. The van der Waals surface area contributed by atoms with Gasteiger partial charge in [-0.2, -0.15) is 0 Å². The molecule has 1 aromatic rings. The van der Waals surface area contributed by atoms with Crippen molar-refractivity contribution in [3.05, 3.63) is 28.8 Å². The molecule has 0 aromatic heterocycles. The molecule has 1 atom stereocenters. The third kappa shape index (κ3) is 4.00. The van der Waals surface area contributed by atoms with Crippen LogP contribution in [0.3, 0.4) is 0 Å². The zero-order valence-electron chi connectivity index (χ0n) is 9.66. The van der Waals surface area contributed by atoms with Crippen molar-refractivity contribution in [2.75, 3.05) is 13.7 Å². The Balaban J connectivity index is 2.46. The highest BCUT2D eigenvalue weighted by molar-refractivity contribution is 6.32. The summed E-state index contributed by atoms with van der Waals surface area (Å²) in [6.45, 7) is 3.25. The second-order valence-electron chi connectivity index (χ2n) is 3.66. The molecule has 4 heteroatoms. The summed E-state index contributed by atoms with van der Waals surface area (Å²) in [5.74, 6) is 0.680. The van der Waals surface area contributed by atoms with Gasteiger partial charge in [0.25, 0.3) is 0 Å². The zero-order valence-corrected chi connectivity index (χ0v) is 10.4. The number of ether oxygens (including phenoxy) is 1. The van der Waals surface area contributed by atoms with Gasteiger partial charge in [-0.05, 0) is 24.1 Å². The van der Waals surface area contributed by atoms with Gasteiger partial charge in [-0.3, -0.25) is 0 Å². The fraction of sp³-hybridized carbons (Fsp3) is 0.500. The minimum absolute atomic E-state index is 0.284. The van der Waals surface area contributed by atoms with Crippen LogP contribution in [0.15, 0.2) is 18.2 Å². The lowest BCUT2D eigenvalue weighted by Gasteiger charge is -2.10. The lowest BCUT2D eigenvalue weighted by atomic mass is 10.2. The molecule has 0 spiro atoms. The number of methoxy groups -OCH3 is 1. The van der Waals surface area contributed by atoms with E-state index in [0.717, 1.165) is 12.0 Å². The van der Waals surface area contributed by atoms with Crippen LogP contribution in [0.5, 0.6) is 5.75 Å². The van der Waals surface area contributed by atoms with Gasteiger partial charge >= 0.3 is 0 Å². The highest BCUT2D eigenvalue weighted by Gasteiger charge is 2.03. The maximum Gasteiger partial charge on any atom is 0.137 e. The first-order valence-corrected chi connectivity index (χ1v) is 5.76. The van der Waals surface area contributed by atoms with E-state index in [1.807, 2.05) is 25.1 Å². The topological polar surface area (TPSA) is 41.5 Å². The van der Waals surface area contributed by atoms with Gasteiger partial charge in [0.05, 0.1) is 18.2 Å². The highest BCUT2D eigenvalue weighted by atomic mass is 35.5. The second-order valence-corrected chi connectivity index (χ2v) is 4.07. The van der Waals surface area contributed by atoms with Crippen molar-refractivity contribution in [1.82, 2.24) is 5.32 Å². The molecule has 0 aliphatic heterocycles. The summed E-state index contributed by atoms with van der Waals surface area (Å²) in [6.07, 6.45) is 0.477. The predicted octanol–water partition coefficient (Wildman–Crippen LogP) is 2.21. The Morgan fingerprint density at radius 2 is 2.25 bits per heavy atom. The van der Waals surface area contributed by atoms with E-state index in [4.69, 9.17) is 16.3 Å². The van der Waals surface area contributed by atoms with E-state index in [-0.39, 0.29) is 6.10 Å². The molecule has 0 aliphatic carbocycles. The maximum absolute atomic E-state index is 9.36. The number of hydrogen-bond donors (Lipinski definition) is 2. The Bertz CT molecular complexity index is 331. The van der Waals surface area contributed by atoms with Crippen LogP contribution in [0.25, 0.3) is 0 Å². The molecule has 0 saturated heterocycles. The number of aliphatic hydroxyl groups excluding tert-OH is 1. The van der Waals surface area contributed by atoms with Crippen LogP contribution in [0, 0.1) is 0 Å². The smallest absolute Gasteiger partial charge is 0.137 e. The summed E-state index contributed by atoms with van der Waals surface area (Å²) >= 11 is 6.00. The molecule has 16 heavy (non-hydrogen) atoms. The molecular weight excluding hydrogens is 226 g/mol. The number of benzene rings is 1. The highest BCUT2D eigenvalue weighted by Crippen LogP contribution is 2.24. The van der Waals surface area contributed by atoms with Crippen LogP contribution in [-0.2, 0) is 6.54 Å². The molecule has 90 valence electrons. The van der Waals surface area contributed by atoms with Gasteiger partial charge in [-0.15, -0.1) is 0 Å². The van der Waals surface area contributed by atoms with E-state index in [9.17, 15) is 5.11 Å². The molecular formula is C12H18ClNO2. The monoisotopic (exact) mass is 243 g/mol. The molecule has 2 N–H and O–H groups in total. The summed E-state index contributed by atoms with van der Waals surface area (Å²) in [5, 5.41) is 13.1. The van der Waals surface area contributed by atoms with Gasteiger partial charge in [0.2, 0.25) is 0 Å². The Kier molecular flexibility index (Phi) is 5.60. The molecule has 0 fully saturated rings. The Morgan fingerprint density at radius 1 is 1.50 bits per heavy atom. The summed E-state index contributed by atoms with van der Waals surface area (Å²) in [4.78, 5) is 0. The van der Waals surface area contributed by atoms with Gasteiger partial charge in [0.15, 0.2) is 0 Å². The number of nitrogens with one attached hydrogen (secondary N) is 1. The fourth-order valence-corrected chi connectivity index (χ4v) is 1.63. The van der Waals surface area contributed by atoms with E-state index >= 15 is 0 Å². The lowest BCUT2D eigenvalue weighted by Crippen LogP contribution is -2.25. The fourth-order valence-electron chi connectivity index (χ4n) is 1.35. The summed E-state index contributed by atoms with van der Waals surface area (Å²) < 4.78 is 5.07. The van der Waals surface area contributed by atoms with Crippen LogP contribution < -0.4 is 10.1 Å². The lowest BCUT2D eigenvalue weighted by molar-refractivity contribution is 0.167. The van der Waals surface area contributed by atoms with Crippen molar-refractivity contribution in [1.29, 1.82) is 0 Å². The van der Waals surface area contributed by atoms with Crippen LogP contribution in [0.4, 0.5) is 0 Å². The van der Waals surface area contributed by atoms with Crippen molar-refractivity contribution in [3.63, 3.8) is 0 Å². The van der Waals surface area contributed by atoms with Crippen LogP contribution >= 0.6 is 11.6 Å². The molecule has 0 heterocycles. The van der Waals surface area contributed by atoms with Crippen molar-refractivity contribution in [2.45, 2.75) is 26.0 Å². The average molecular weight is 244 g/mol. The molecule has 1 rings (SSSR count). The Hall–Kier alpha value is -0.770. The molecule has 0 bridgehead atoms. The van der Waals surface area contributed by atoms with Crippen molar-refractivity contribution >= 4 is 11.6 Å². The van der Waals surface area contributed by atoms with Gasteiger partial charge < -0.3 is 15.2 Å². The average Bonchev–Trinajstić information content (AvgIpc) is 2.29. The SMILES string of the molecule is CCC(O)CNCc1ccc(OC)c(Cl)c1. The zero-order chi connectivity index (χ0) is 12.0. The molecule has 1 unspecified atom stereocenters. The standard InChI is InChI=1S/C12H18ClNO2/c1-3-10(15)8-14-7-9-4-5-12(16-2)11(13)6-9/h4-6,10,14-15H,3,7-8H2,1-2H3. The largest absolute Gasteiger partial charge is 0.495 e. The second kappa shape index (κ2) is 6.74.